The molecule has 0 unspecified atom stereocenters. The lowest BCUT2D eigenvalue weighted by molar-refractivity contribution is -0.140. The monoisotopic (exact) mass is 1140 g/mol. The van der Waals surface area contributed by atoms with Crippen LogP contribution in [0.15, 0.2) is 72.8 Å². The first kappa shape index (κ1) is 60.4. The van der Waals surface area contributed by atoms with Crippen molar-refractivity contribution >= 4 is 23.6 Å². The van der Waals surface area contributed by atoms with E-state index >= 15 is 0 Å². The number of likely N-dealkylation sites (tertiary alicyclic amines) is 4. The summed E-state index contributed by atoms with van der Waals surface area (Å²) in [5.41, 5.74) is 1.75. The van der Waals surface area contributed by atoms with Crippen LogP contribution in [0.2, 0.25) is 0 Å². The van der Waals surface area contributed by atoms with Crippen LogP contribution in [0.5, 0.6) is 23.0 Å². The SMILES string of the molecule is CC1(C)Oc2ccc(C#N)cc2[C@@H](N2CCCC2=O)[C@@H]1O.CC1(C)Oc2ccc(C#N)cc2[C@@H](N2CCCC2=O)[C@@H]1O.CC1(C)Oc2ccc(C#N)cc2[C@@H](N2CCCC2=O)[C@@H]1O.CC1(C)Oc2ccc(C#N)cc2[C@@H](N2CCCC2=O)[C@@H]1O. The lowest BCUT2D eigenvalue weighted by Gasteiger charge is -2.45. The van der Waals surface area contributed by atoms with Crippen LogP contribution in [0.25, 0.3) is 0 Å². The Kier molecular flexibility index (Phi) is 16.8. The molecular weight excluding hydrogens is 1070 g/mol. The fraction of sp³-hybridized carbons (Fsp3) is 0.500. The van der Waals surface area contributed by atoms with Gasteiger partial charge in [0.15, 0.2) is 0 Å². The van der Waals surface area contributed by atoms with Gasteiger partial charge in [-0.1, -0.05) is 0 Å². The molecule has 8 aliphatic rings. The van der Waals surface area contributed by atoms with Crippen molar-refractivity contribution in [1.82, 2.24) is 19.6 Å². The van der Waals surface area contributed by atoms with E-state index in [1.807, 2.05) is 55.4 Å². The van der Waals surface area contributed by atoms with E-state index in [9.17, 15) is 39.6 Å². The van der Waals surface area contributed by atoms with Crippen LogP contribution in [0, 0.1) is 45.3 Å². The zero-order chi connectivity index (χ0) is 60.8. The summed E-state index contributed by atoms with van der Waals surface area (Å²) in [6, 6.07) is 27.2. The second kappa shape index (κ2) is 23.4. The Bertz CT molecular complexity index is 2980. The van der Waals surface area contributed by atoms with Gasteiger partial charge in [-0.15, -0.1) is 0 Å². The lowest BCUT2D eigenvalue weighted by atomic mass is 9.85. The smallest absolute Gasteiger partial charge is 0.223 e. The topological polar surface area (TPSA) is 294 Å². The van der Waals surface area contributed by atoms with E-state index in [4.69, 9.17) is 40.0 Å². The number of fused-ring (bicyclic) bond motifs is 4. The van der Waals surface area contributed by atoms with Crippen molar-refractivity contribution < 1.29 is 58.6 Å². The molecular formula is C64H72N8O12. The number of carbonyl (C=O) groups excluding carboxylic acids is 4. The molecule has 4 aromatic carbocycles. The quantitative estimate of drug-likeness (QED) is 0.160. The average Bonchev–Trinajstić information content (AvgIpc) is 1.41. The molecule has 440 valence electrons. The van der Waals surface area contributed by atoms with Crippen LogP contribution >= 0.6 is 0 Å². The molecule has 4 N–H and O–H groups in total. The first-order valence-corrected chi connectivity index (χ1v) is 28.6. The minimum absolute atomic E-state index is 0.0464. The summed E-state index contributed by atoms with van der Waals surface area (Å²) in [6.45, 7) is 17.0. The van der Waals surface area contributed by atoms with Crippen molar-refractivity contribution in [1.29, 1.82) is 21.0 Å². The molecule has 4 fully saturated rings. The van der Waals surface area contributed by atoms with Crippen molar-refractivity contribution in [2.24, 2.45) is 0 Å². The molecule has 0 spiro atoms. The Balaban J connectivity index is 0.000000134. The van der Waals surface area contributed by atoms with E-state index in [2.05, 4.69) is 24.3 Å². The number of aliphatic hydroxyl groups excluding tert-OH is 4. The Morgan fingerprint density at radius 3 is 0.714 bits per heavy atom. The van der Waals surface area contributed by atoms with Gasteiger partial charge >= 0.3 is 0 Å². The Morgan fingerprint density at radius 1 is 0.369 bits per heavy atom. The van der Waals surface area contributed by atoms with Gasteiger partial charge in [-0.3, -0.25) is 19.2 Å². The first-order valence-electron chi connectivity index (χ1n) is 28.6. The largest absolute Gasteiger partial charge is 0.485 e. The number of rotatable bonds is 4. The number of benzene rings is 4. The molecule has 8 heterocycles. The van der Waals surface area contributed by atoms with Crippen LogP contribution in [-0.2, 0) is 19.2 Å². The van der Waals surface area contributed by atoms with Crippen molar-refractivity contribution in [2.45, 2.75) is 178 Å². The fourth-order valence-corrected chi connectivity index (χ4v) is 12.6. The maximum absolute atomic E-state index is 12.1. The second-order valence-electron chi connectivity index (χ2n) is 24.6. The summed E-state index contributed by atoms with van der Waals surface area (Å²) in [5, 5.41) is 79.0. The van der Waals surface area contributed by atoms with Crippen LogP contribution < -0.4 is 18.9 Å². The Hall–Kier alpha value is -8.24. The number of aliphatic hydroxyl groups is 4. The zero-order valence-electron chi connectivity index (χ0n) is 48.7. The molecule has 8 aliphatic heterocycles. The molecule has 8 atom stereocenters. The van der Waals surface area contributed by atoms with Gasteiger partial charge < -0.3 is 59.0 Å². The molecule has 84 heavy (non-hydrogen) atoms. The highest BCUT2D eigenvalue weighted by Crippen LogP contribution is 2.49. The average molecular weight is 1150 g/mol. The molecule has 0 aliphatic carbocycles. The van der Waals surface area contributed by atoms with Crippen LogP contribution in [-0.4, -0.2) is 137 Å². The summed E-state index contributed by atoms with van der Waals surface area (Å²) in [7, 11) is 0. The highest BCUT2D eigenvalue weighted by atomic mass is 16.5. The van der Waals surface area contributed by atoms with Crippen LogP contribution in [0.4, 0.5) is 0 Å². The van der Waals surface area contributed by atoms with Gasteiger partial charge in [-0.2, -0.15) is 21.0 Å². The standard InChI is InChI=1S/4C16H18N2O3/c4*1-16(2)15(20)14(18-7-3-4-13(18)19)11-8-10(9-17)5-6-12(11)21-16/h4*5-6,8,14-15,20H,3-4,7H2,1-2H3/t4*14-,15+/m1111/s1. The third-order valence-corrected chi connectivity index (χ3v) is 17.2. The number of nitriles is 4. The number of hydrogen-bond donors (Lipinski definition) is 4. The van der Waals surface area contributed by atoms with E-state index in [0.717, 1.165) is 47.9 Å². The Morgan fingerprint density at radius 2 is 0.560 bits per heavy atom. The van der Waals surface area contributed by atoms with E-state index in [-0.39, 0.29) is 23.6 Å². The molecule has 4 saturated heterocycles. The second-order valence-corrected chi connectivity index (χ2v) is 24.6. The van der Waals surface area contributed by atoms with Gasteiger partial charge in [0.25, 0.3) is 0 Å². The van der Waals surface area contributed by atoms with Gasteiger partial charge in [0.1, 0.15) is 69.8 Å². The summed E-state index contributed by atoms with van der Waals surface area (Å²) < 4.78 is 23.4. The predicted octanol–water partition coefficient (Wildman–Crippen LogP) is 7.01. The van der Waals surface area contributed by atoms with Gasteiger partial charge in [0.2, 0.25) is 23.6 Å². The number of carbonyl (C=O) groups is 4. The van der Waals surface area contributed by atoms with Crippen LogP contribution in [0.3, 0.4) is 0 Å². The minimum Gasteiger partial charge on any atom is -0.485 e. The molecule has 0 saturated carbocycles. The summed E-state index contributed by atoms with van der Waals surface area (Å²) in [6.07, 6.45) is 1.93. The van der Waals surface area contributed by atoms with Gasteiger partial charge in [-0.25, -0.2) is 0 Å². The maximum Gasteiger partial charge on any atom is 0.223 e. The number of ether oxygens (including phenoxy) is 4. The predicted molar refractivity (Wildman–Crippen MR) is 302 cm³/mol. The first-order chi connectivity index (χ1) is 39.7. The number of nitrogens with zero attached hydrogens (tertiary/aromatic N) is 8. The third-order valence-electron chi connectivity index (χ3n) is 17.2. The van der Waals surface area contributed by atoms with Crippen LogP contribution in [0.1, 0.15) is 175 Å². The van der Waals surface area contributed by atoms with Crippen molar-refractivity contribution in [2.75, 3.05) is 26.2 Å². The van der Waals surface area contributed by atoms with Gasteiger partial charge in [0.05, 0.1) is 70.7 Å². The van der Waals surface area contributed by atoms with E-state index in [1.54, 1.807) is 92.4 Å². The van der Waals surface area contributed by atoms with E-state index < -0.39 is 71.0 Å². The fourth-order valence-electron chi connectivity index (χ4n) is 12.6. The zero-order valence-corrected chi connectivity index (χ0v) is 48.7. The molecule has 4 amide bonds. The molecule has 0 aromatic heterocycles. The van der Waals surface area contributed by atoms with Crippen molar-refractivity contribution in [3.05, 3.63) is 117 Å². The third kappa shape index (κ3) is 11.6. The summed E-state index contributed by atoms with van der Waals surface area (Å²) in [4.78, 5) is 55.3. The molecule has 20 heteroatoms. The minimum atomic E-state index is -0.832. The summed E-state index contributed by atoms with van der Waals surface area (Å²) in [5.74, 6) is 2.72. The lowest BCUT2D eigenvalue weighted by Crippen LogP contribution is -2.53. The van der Waals surface area contributed by atoms with Gasteiger partial charge in [0, 0.05) is 74.1 Å². The molecule has 0 radical (unpaired) electrons. The van der Waals surface area contributed by atoms with Crippen molar-refractivity contribution in [3.63, 3.8) is 0 Å². The summed E-state index contributed by atoms with van der Waals surface area (Å²) >= 11 is 0. The number of amides is 4. The van der Waals surface area contributed by atoms with Crippen molar-refractivity contribution in [3.8, 4) is 47.3 Å². The Labute approximate surface area is 489 Å². The normalized spacial score (nSPS) is 27.0. The van der Waals surface area contributed by atoms with E-state index in [1.165, 1.54) is 0 Å². The maximum atomic E-state index is 12.1. The van der Waals surface area contributed by atoms with Gasteiger partial charge in [-0.05, 0) is 154 Å². The highest BCUT2D eigenvalue weighted by molar-refractivity contribution is 5.81. The number of hydrogen-bond acceptors (Lipinski definition) is 16. The molecule has 4 aromatic rings. The molecule has 0 bridgehead atoms. The molecule has 20 nitrogen and oxygen atoms in total. The van der Waals surface area contributed by atoms with E-state index in [0.29, 0.717) is 97.1 Å². The highest BCUT2D eigenvalue weighted by Gasteiger charge is 2.51. The molecule has 12 rings (SSSR count).